The van der Waals surface area contributed by atoms with E-state index in [0.717, 1.165) is 16.0 Å². The van der Waals surface area contributed by atoms with E-state index in [0.29, 0.717) is 54.4 Å². The maximum Gasteiger partial charge on any atom is 0.421 e. The number of benzene rings is 6. The van der Waals surface area contributed by atoms with Crippen LogP contribution in [0.2, 0.25) is 0 Å². The Morgan fingerprint density at radius 1 is 0.779 bits per heavy atom. The van der Waals surface area contributed by atoms with Crippen LogP contribution in [0.1, 0.15) is 57.1 Å². The Morgan fingerprint density at radius 3 is 2.09 bits per heavy atom. The van der Waals surface area contributed by atoms with Gasteiger partial charge in [-0.15, -0.1) is 0 Å². The number of amides is 3. The van der Waals surface area contributed by atoms with Crippen LogP contribution < -0.4 is 9.80 Å². The Bertz CT molecular complexity index is 3390. The number of aromatic hydroxyl groups is 1. The van der Waals surface area contributed by atoms with E-state index in [1.54, 1.807) is 53.7 Å². The van der Waals surface area contributed by atoms with Crippen LogP contribution in [-0.2, 0) is 42.4 Å². The van der Waals surface area contributed by atoms with Crippen molar-refractivity contribution < 1.29 is 38.7 Å². The number of esters is 1. The number of hydrogen-bond acceptors (Lipinski definition) is 14. The monoisotopic (exact) mass is 1030 g/mol. The van der Waals surface area contributed by atoms with Crippen LogP contribution in [0.5, 0.6) is 5.75 Å². The van der Waals surface area contributed by atoms with Crippen LogP contribution in [0.15, 0.2) is 176 Å². The fourth-order valence-electron chi connectivity index (χ4n) is 11.5. The number of imide groups is 1. The molecule has 77 heavy (non-hydrogen) atoms. The van der Waals surface area contributed by atoms with Crippen molar-refractivity contribution in [3.8, 4) is 17.6 Å². The molecule has 7 aromatic rings. The van der Waals surface area contributed by atoms with Crippen molar-refractivity contribution in [2.45, 2.75) is 42.8 Å². The summed E-state index contributed by atoms with van der Waals surface area (Å²) in [5.74, 6) is 3.39. The van der Waals surface area contributed by atoms with Gasteiger partial charge in [0.2, 0.25) is 17.8 Å². The molecule has 386 valence electrons. The van der Waals surface area contributed by atoms with Gasteiger partial charge < -0.3 is 24.4 Å². The molecule has 11 rings (SSSR count). The van der Waals surface area contributed by atoms with Gasteiger partial charge in [-0.25, -0.2) is 19.7 Å². The topological polar surface area (TPSA) is 192 Å². The van der Waals surface area contributed by atoms with Gasteiger partial charge >= 0.3 is 12.1 Å². The SMILES string of the molecule is CN(CC#Cc1ccc2c(c1)C1(C(=O)N2C(=O)OCc2ccc([N+](=O)[O-])cc2)C(C(=O)N2CCN(c3ncccn3)CC2)C2C(=O)OC(c3ccccc3)C(c3ccccc3)N2C1c1ccc(O)cc1)Cc1ccccc1. The summed E-state index contributed by atoms with van der Waals surface area (Å²) in [6.07, 6.45) is 1.27. The molecule has 1 N–H and O–H groups in total. The minimum Gasteiger partial charge on any atom is -0.508 e. The molecule has 0 saturated carbocycles. The van der Waals surface area contributed by atoms with Gasteiger partial charge in [-0.05, 0) is 89.0 Å². The Balaban J connectivity index is 1.11. The predicted octanol–water partition coefficient (Wildman–Crippen LogP) is 7.93. The Hall–Kier alpha value is -9.24. The molecule has 1 aromatic heterocycles. The minimum absolute atomic E-state index is 0.0607. The zero-order chi connectivity index (χ0) is 53.2. The van der Waals surface area contributed by atoms with E-state index in [-0.39, 0.29) is 42.4 Å². The molecule has 17 nitrogen and oxygen atoms in total. The van der Waals surface area contributed by atoms with Crippen molar-refractivity contribution in [2.75, 3.05) is 49.6 Å². The van der Waals surface area contributed by atoms with Crippen molar-refractivity contribution in [3.63, 3.8) is 0 Å². The summed E-state index contributed by atoms with van der Waals surface area (Å²) in [6.45, 7) is 1.67. The highest BCUT2D eigenvalue weighted by molar-refractivity contribution is 6.23. The lowest BCUT2D eigenvalue weighted by molar-refractivity contribution is -0.384. The normalized spacial score (nSPS) is 21.7. The standard InChI is InChI=1S/C60H52N8O9/c1-63(38-41-13-5-2-6-14-41)32-11-15-40-22-29-49-48(37-40)60(57(72)66(49)59(73)76-39-42-20-25-46(26-21-42)68(74)75)50(55(70)64-33-35-65(36-34-64)58-61-30-12-31-62-58)52-56(71)77-53(44-18-9-4-10-19-44)51(43-16-7-3-8-17-43)67(52)54(60)45-23-27-47(69)28-24-45/h2-10,12-14,16-31,37,50-54,69H,32-36,38-39H2,1H3. The molecule has 1 spiro atoms. The number of non-ortho nitro benzene ring substituents is 1. The first-order chi connectivity index (χ1) is 37.5. The quantitative estimate of drug-likeness (QED) is 0.0569. The number of nitrogens with zero attached hydrogens (tertiary/aromatic N) is 8. The predicted molar refractivity (Wildman–Crippen MR) is 284 cm³/mol. The molecule has 6 aromatic carbocycles. The molecule has 4 aliphatic heterocycles. The molecule has 4 aliphatic rings. The molecule has 3 saturated heterocycles. The van der Waals surface area contributed by atoms with E-state index in [2.05, 4.69) is 26.7 Å². The van der Waals surface area contributed by atoms with Crippen LogP contribution in [0.3, 0.4) is 0 Å². The maximum absolute atomic E-state index is 16.8. The van der Waals surface area contributed by atoms with Crippen LogP contribution in [0, 0.1) is 27.9 Å². The van der Waals surface area contributed by atoms with Gasteiger partial charge in [0.1, 0.15) is 29.9 Å². The lowest BCUT2D eigenvalue weighted by atomic mass is 9.65. The number of hydrogen-bond donors (Lipinski definition) is 1. The van der Waals surface area contributed by atoms with Gasteiger partial charge in [0.05, 0.1) is 35.2 Å². The zero-order valence-electron chi connectivity index (χ0n) is 41.9. The van der Waals surface area contributed by atoms with Crippen LogP contribution in [0.25, 0.3) is 0 Å². The molecule has 3 fully saturated rings. The number of phenolic OH excluding ortho intramolecular Hbond substituents is 1. The van der Waals surface area contributed by atoms with E-state index < -0.39 is 64.4 Å². The number of ether oxygens (including phenoxy) is 2. The van der Waals surface area contributed by atoms with E-state index in [1.807, 2.05) is 108 Å². The van der Waals surface area contributed by atoms with Crippen molar-refractivity contribution >= 4 is 41.2 Å². The highest BCUT2D eigenvalue weighted by Crippen LogP contribution is 2.66. The number of aromatic nitrogens is 2. The number of phenols is 1. The fraction of sp³-hybridized carbons (Fsp3) is 0.233. The van der Waals surface area contributed by atoms with E-state index in [1.165, 1.54) is 36.4 Å². The molecule has 6 unspecified atom stereocenters. The van der Waals surface area contributed by atoms with Crippen LogP contribution in [0.4, 0.5) is 22.1 Å². The Morgan fingerprint density at radius 2 is 1.43 bits per heavy atom. The third-order valence-corrected chi connectivity index (χ3v) is 14.9. The van der Waals surface area contributed by atoms with Gasteiger partial charge in [-0.1, -0.05) is 115 Å². The summed E-state index contributed by atoms with van der Waals surface area (Å²) in [5.41, 5.74) is 2.00. The van der Waals surface area contributed by atoms with E-state index in [9.17, 15) is 15.2 Å². The summed E-state index contributed by atoms with van der Waals surface area (Å²) < 4.78 is 12.6. The second kappa shape index (κ2) is 21.2. The average Bonchev–Trinajstić information content (AvgIpc) is 3.75. The number of nitro benzene ring substituents is 1. The average molecular weight is 1030 g/mol. The molecule has 0 bridgehead atoms. The van der Waals surface area contributed by atoms with E-state index >= 15 is 19.2 Å². The number of fused-ring (bicyclic) bond motifs is 3. The Labute approximate surface area is 444 Å². The van der Waals surface area contributed by atoms with Gasteiger partial charge in [0, 0.05) is 62.8 Å². The number of piperazine rings is 1. The summed E-state index contributed by atoms with van der Waals surface area (Å²) >= 11 is 0. The van der Waals surface area contributed by atoms with Crippen molar-refractivity contribution in [2.24, 2.45) is 5.92 Å². The largest absolute Gasteiger partial charge is 0.508 e. The molecular formula is C60H52N8O9. The zero-order valence-corrected chi connectivity index (χ0v) is 41.9. The van der Waals surface area contributed by atoms with Gasteiger partial charge in [-0.2, -0.15) is 0 Å². The van der Waals surface area contributed by atoms with Crippen LogP contribution in [-0.4, -0.2) is 104 Å². The smallest absolute Gasteiger partial charge is 0.421 e. The molecular weight excluding hydrogens is 977 g/mol. The second-order valence-electron chi connectivity index (χ2n) is 19.5. The molecule has 5 heterocycles. The van der Waals surface area contributed by atoms with Gasteiger partial charge in [0.25, 0.3) is 5.69 Å². The van der Waals surface area contributed by atoms with E-state index in [4.69, 9.17) is 9.47 Å². The third kappa shape index (κ3) is 9.38. The molecule has 17 heteroatoms. The number of morpholine rings is 1. The highest BCUT2D eigenvalue weighted by Gasteiger charge is 2.76. The number of cyclic esters (lactones) is 1. The Kier molecular flexibility index (Phi) is 13.7. The van der Waals surface area contributed by atoms with Gasteiger partial charge in [0.15, 0.2) is 0 Å². The number of rotatable bonds is 11. The second-order valence-corrected chi connectivity index (χ2v) is 19.5. The summed E-state index contributed by atoms with van der Waals surface area (Å²) in [4.78, 5) is 92.2. The maximum atomic E-state index is 16.8. The highest BCUT2D eigenvalue weighted by atomic mass is 16.6. The summed E-state index contributed by atoms with van der Waals surface area (Å²) in [5, 5.41) is 22.4. The summed E-state index contributed by atoms with van der Waals surface area (Å²) in [6, 6.07) is 44.0. The first-order valence-corrected chi connectivity index (χ1v) is 25.3. The summed E-state index contributed by atoms with van der Waals surface area (Å²) in [7, 11) is 1.96. The third-order valence-electron chi connectivity index (χ3n) is 14.9. The number of nitro groups is 1. The number of anilines is 2. The minimum atomic E-state index is -2.10. The molecule has 3 amide bonds. The van der Waals surface area contributed by atoms with Crippen LogP contribution >= 0.6 is 0 Å². The number of carbonyl (C=O) groups is 4. The molecule has 6 atom stereocenters. The molecule has 0 radical (unpaired) electrons. The van der Waals surface area contributed by atoms with Gasteiger partial charge in [-0.3, -0.25) is 34.3 Å². The fourth-order valence-corrected chi connectivity index (χ4v) is 11.5. The lowest BCUT2D eigenvalue weighted by Crippen LogP contribution is -2.59. The number of carbonyl (C=O) groups excluding carboxylic acids is 4. The molecule has 0 aliphatic carbocycles. The van der Waals surface area contributed by atoms with Crippen molar-refractivity contribution in [1.82, 2.24) is 24.7 Å². The van der Waals surface area contributed by atoms with Crippen molar-refractivity contribution in [3.05, 3.63) is 225 Å². The lowest BCUT2D eigenvalue weighted by Gasteiger charge is -2.46. The van der Waals surface area contributed by atoms with Crippen molar-refractivity contribution in [1.29, 1.82) is 0 Å². The first kappa shape index (κ1) is 49.9. The first-order valence-electron chi connectivity index (χ1n) is 25.3.